The number of aryl methyl sites for hydroxylation is 1. The summed E-state index contributed by atoms with van der Waals surface area (Å²) >= 11 is 0. The zero-order valence-corrected chi connectivity index (χ0v) is 5.37. The van der Waals surface area contributed by atoms with Crippen molar-refractivity contribution < 1.29 is 0 Å². The van der Waals surface area contributed by atoms with Gasteiger partial charge in [0.15, 0.2) is 0 Å². The predicted octanol–water partition coefficient (Wildman–Crippen LogP) is 2.00. The molecule has 0 radical (unpaired) electrons. The zero-order chi connectivity index (χ0) is 4.41. The average Bonchev–Trinajstić information content (AvgIpc) is 1.86. The molecule has 0 aliphatic carbocycles. The monoisotopic (exact) mass is 117 g/mol. The fourth-order valence-corrected chi connectivity index (χ4v) is 1.94. The standard InChI is InChI=1S/C3H5NP2/c1-3-2-4-6-5-3/h2,6H,1H3. The van der Waals surface area contributed by atoms with E-state index < -0.39 is 0 Å². The molecule has 1 unspecified atom stereocenters. The lowest BCUT2D eigenvalue weighted by atomic mass is 10.7. The molecule has 0 fully saturated rings. The van der Waals surface area contributed by atoms with Crippen LogP contribution in [0.2, 0.25) is 0 Å². The summed E-state index contributed by atoms with van der Waals surface area (Å²) in [5.41, 5.74) is 0. The van der Waals surface area contributed by atoms with E-state index in [4.69, 9.17) is 0 Å². The van der Waals surface area contributed by atoms with E-state index in [-0.39, 0.29) is 0 Å². The summed E-state index contributed by atoms with van der Waals surface area (Å²) in [6.45, 7) is 2.10. The second-order valence-corrected chi connectivity index (χ2v) is 3.77. The van der Waals surface area contributed by atoms with E-state index in [1.807, 2.05) is 6.20 Å². The highest BCUT2D eigenvalue weighted by Crippen LogP contribution is 2.20. The molecule has 3 heteroatoms. The Morgan fingerprint density at radius 2 is 2.83 bits per heavy atom. The minimum absolute atomic E-state index is 0.794. The Balaban J connectivity index is 3.05. The van der Waals surface area contributed by atoms with E-state index in [9.17, 15) is 0 Å². The van der Waals surface area contributed by atoms with Gasteiger partial charge < -0.3 is 0 Å². The lowest BCUT2D eigenvalue weighted by Gasteiger charge is -1.62. The molecule has 0 saturated carbocycles. The van der Waals surface area contributed by atoms with Gasteiger partial charge in [0.1, 0.15) is 0 Å². The van der Waals surface area contributed by atoms with E-state index in [2.05, 4.69) is 11.7 Å². The predicted molar refractivity (Wildman–Crippen MR) is 31.0 cm³/mol. The highest BCUT2D eigenvalue weighted by Gasteiger charge is 1.75. The van der Waals surface area contributed by atoms with Crippen LogP contribution < -0.4 is 0 Å². The summed E-state index contributed by atoms with van der Waals surface area (Å²) in [6.07, 6.45) is 1.94. The lowest BCUT2D eigenvalue weighted by molar-refractivity contribution is 1.49. The van der Waals surface area contributed by atoms with Crippen LogP contribution in [-0.2, 0) is 0 Å². The molecule has 1 rings (SSSR count). The van der Waals surface area contributed by atoms with Gasteiger partial charge in [-0.2, -0.15) is 0 Å². The van der Waals surface area contributed by atoms with Crippen molar-refractivity contribution in [1.82, 2.24) is 4.75 Å². The van der Waals surface area contributed by atoms with Gasteiger partial charge in [0, 0.05) is 11.5 Å². The molecule has 1 heterocycles. The van der Waals surface area contributed by atoms with Gasteiger partial charge in [0.25, 0.3) is 0 Å². The van der Waals surface area contributed by atoms with Crippen LogP contribution in [0.5, 0.6) is 0 Å². The van der Waals surface area contributed by atoms with Gasteiger partial charge in [-0.05, 0) is 22.8 Å². The third kappa shape index (κ3) is 0.801. The van der Waals surface area contributed by atoms with Crippen molar-refractivity contribution in [2.45, 2.75) is 6.92 Å². The van der Waals surface area contributed by atoms with Crippen molar-refractivity contribution in [2.75, 3.05) is 0 Å². The maximum absolute atomic E-state index is 4.02. The topological polar surface area (TPSA) is 12.9 Å². The minimum Gasteiger partial charge on any atom is -0.244 e. The molecule has 0 amide bonds. The van der Waals surface area contributed by atoms with Crippen LogP contribution >= 0.6 is 15.9 Å². The first kappa shape index (κ1) is 4.30. The number of hydrogen-bond acceptors (Lipinski definition) is 1. The fraction of sp³-hybridized carbons (Fsp3) is 0.333. The highest BCUT2D eigenvalue weighted by atomic mass is 31.8. The molecule has 0 aliphatic rings. The van der Waals surface area contributed by atoms with E-state index in [0.29, 0.717) is 0 Å². The summed E-state index contributed by atoms with van der Waals surface area (Å²) in [5, 5.41) is 1.40. The Kier molecular flexibility index (Phi) is 1.24. The number of aromatic nitrogens is 1. The smallest absolute Gasteiger partial charge is 0.0388 e. The van der Waals surface area contributed by atoms with Gasteiger partial charge in [-0.25, -0.2) is 4.75 Å². The molecule has 1 aromatic heterocycles. The van der Waals surface area contributed by atoms with Crippen molar-refractivity contribution in [3.05, 3.63) is 11.5 Å². The molecule has 1 atom stereocenters. The molecule has 0 N–H and O–H groups in total. The Morgan fingerprint density at radius 3 is 3.00 bits per heavy atom. The van der Waals surface area contributed by atoms with Crippen LogP contribution in [0.15, 0.2) is 6.20 Å². The van der Waals surface area contributed by atoms with E-state index in [0.717, 1.165) is 8.03 Å². The maximum atomic E-state index is 4.02. The summed E-state index contributed by atoms with van der Waals surface area (Å²) in [4.78, 5) is 0. The Morgan fingerprint density at radius 1 is 2.00 bits per heavy atom. The van der Waals surface area contributed by atoms with E-state index in [1.165, 1.54) is 13.2 Å². The minimum atomic E-state index is 0.794. The van der Waals surface area contributed by atoms with Gasteiger partial charge in [0.05, 0.1) is 0 Å². The van der Waals surface area contributed by atoms with Crippen LogP contribution in [-0.4, -0.2) is 4.75 Å². The largest absolute Gasteiger partial charge is 0.244 e. The third-order valence-electron chi connectivity index (χ3n) is 0.535. The molecular weight excluding hydrogens is 112 g/mol. The fourth-order valence-electron chi connectivity index (χ4n) is 0.259. The summed E-state index contributed by atoms with van der Waals surface area (Å²) in [6, 6.07) is 0. The van der Waals surface area contributed by atoms with Gasteiger partial charge in [-0.15, -0.1) is 0 Å². The molecule has 6 heavy (non-hydrogen) atoms. The van der Waals surface area contributed by atoms with Crippen LogP contribution in [0.3, 0.4) is 0 Å². The summed E-state index contributed by atoms with van der Waals surface area (Å²) in [5.74, 6) is 0. The average molecular weight is 117 g/mol. The summed E-state index contributed by atoms with van der Waals surface area (Å²) < 4.78 is 4.02. The molecule has 0 saturated heterocycles. The molecular formula is C3H5NP2. The van der Waals surface area contributed by atoms with Gasteiger partial charge in [-0.1, -0.05) is 0 Å². The van der Waals surface area contributed by atoms with Crippen LogP contribution in [0.1, 0.15) is 5.30 Å². The zero-order valence-electron chi connectivity index (χ0n) is 3.47. The second-order valence-electron chi connectivity index (χ2n) is 1.11. The number of nitrogens with zero attached hydrogens (tertiary/aromatic N) is 1. The molecule has 1 aromatic rings. The SMILES string of the molecule is Cc1cn[pH]p1. The third-order valence-corrected chi connectivity index (χ3v) is 3.05. The molecule has 0 spiro atoms. The van der Waals surface area contributed by atoms with E-state index in [1.54, 1.807) is 0 Å². The Bertz CT molecular complexity index is 112. The van der Waals surface area contributed by atoms with Crippen molar-refractivity contribution >= 4 is 15.9 Å². The normalized spacial score (nSPS) is 11.5. The molecule has 0 aliphatic heterocycles. The van der Waals surface area contributed by atoms with Gasteiger partial charge >= 0.3 is 0 Å². The summed E-state index contributed by atoms with van der Waals surface area (Å²) in [7, 11) is 2.21. The van der Waals surface area contributed by atoms with Crippen molar-refractivity contribution in [1.29, 1.82) is 0 Å². The van der Waals surface area contributed by atoms with Crippen LogP contribution in [0.4, 0.5) is 0 Å². The Labute approximate surface area is 40.0 Å². The van der Waals surface area contributed by atoms with Gasteiger partial charge in [-0.3, -0.25) is 0 Å². The quantitative estimate of drug-likeness (QED) is 0.506. The first-order chi connectivity index (χ1) is 2.89. The van der Waals surface area contributed by atoms with Crippen molar-refractivity contribution in [2.24, 2.45) is 0 Å². The Hall–Kier alpha value is 0.140. The molecule has 0 bridgehead atoms. The molecule has 0 aromatic carbocycles. The van der Waals surface area contributed by atoms with Crippen molar-refractivity contribution in [3.8, 4) is 0 Å². The van der Waals surface area contributed by atoms with Crippen LogP contribution in [0.25, 0.3) is 0 Å². The number of rotatable bonds is 0. The first-order valence-electron chi connectivity index (χ1n) is 1.72. The van der Waals surface area contributed by atoms with Gasteiger partial charge in [0.2, 0.25) is 0 Å². The number of hydrogen-bond donors (Lipinski definition) is 0. The van der Waals surface area contributed by atoms with Crippen LogP contribution in [0, 0.1) is 6.92 Å². The first-order valence-corrected chi connectivity index (χ1v) is 4.40. The van der Waals surface area contributed by atoms with Crippen molar-refractivity contribution in [3.63, 3.8) is 0 Å². The highest BCUT2D eigenvalue weighted by molar-refractivity contribution is 7.88. The second kappa shape index (κ2) is 1.73. The van der Waals surface area contributed by atoms with E-state index >= 15 is 0 Å². The molecule has 32 valence electrons. The molecule has 1 nitrogen and oxygen atoms in total. The lowest BCUT2D eigenvalue weighted by Crippen LogP contribution is -1.46. The maximum Gasteiger partial charge on any atom is 0.0388 e.